The lowest BCUT2D eigenvalue weighted by Crippen LogP contribution is -2.47. The maximum absolute atomic E-state index is 4.71. The van der Waals surface area contributed by atoms with Crippen LogP contribution >= 0.6 is 0 Å². The predicted octanol–water partition coefficient (Wildman–Crippen LogP) is 2.94. The Balaban J connectivity index is 1.33. The van der Waals surface area contributed by atoms with Gasteiger partial charge in [-0.2, -0.15) is 0 Å². The number of aromatic nitrogens is 3. The molecule has 0 aliphatic carbocycles. The molecule has 1 saturated heterocycles. The summed E-state index contributed by atoms with van der Waals surface area (Å²) in [4.78, 5) is 17.4. The Bertz CT molecular complexity index is 861. The summed E-state index contributed by atoms with van der Waals surface area (Å²) in [5, 5.41) is 0. The average molecular weight is 335 g/mol. The van der Waals surface area contributed by atoms with E-state index in [1.165, 1.54) is 16.8 Å². The summed E-state index contributed by atoms with van der Waals surface area (Å²) in [7, 11) is 0. The fourth-order valence-corrected chi connectivity index (χ4v) is 3.59. The SMILES string of the molecule is Cc1ccc2nc(CCN3CCN(c4ccncc4C)CC3)[nH]c2c1. The van der Waals surface area contributed by atoms with Crippen molar-refractivity contribution in [1.29, 1.82) is 0 Å². The summed E-state index contributed by atoms with van der Waals surface area (Å²) >= 11 is 0. The maximum atomic E-state index is 4.71. The fraction of sp³-hybridized carbons (Fsp3) is 0.400. The number of nitrogens with one attached hydrogen (secondary N) is 1. The molecule has 2 aromatic heterocycles. The number of rotatable bonds is 4. The third kappa shape index (κ3) is 3.51. The Morgan fingerprint density at radius 2 is 1.92 bits per heavy atom. The number of hydrogen-bond donors (Lipinski definition) is 1. The summed E-state index contributed by atoms with van der Waals surface area (Å²) in [5.74, 6) is 1.09. The van der Waals surface area contributed by atoms with Crippen LogP contribution in [0.2, 0.25) is 0 Å². The quantitative estimate of drug-likeness (QED) is 0.796. The number of imidazole rings is 1. The molecule has 5 heteroatoms. The van der Waals surface area contributed by atoms with Crippen LogP contribution in [0.3, 0.4) is 0 Å². The minimum atomic E-state index is 0.974. The summed E-state index contributed by atoms with van der Waals surface area (Å²) in [6.45, 7) is 9.65. The molecule has 0 unspecified atom stereocenters. The fourth-order valence-electron chi connectivity index (χ4n) is 3.59. The van der Waals surface area contributed by atoms with Gasteiger partial charge >= 0.3 is 0 Å². The zero-order chi connectivity index (χ0) is 17.2. The topological polar surface area (TPSA) is 48.1 Å². The molecule has 0 bridgehead atoms. The van der Waals surface area contributed by atoms with E-state index in [1.54, 1.807) is 0 Å². The highest BCUT2D eigenvalue weighted by Gasteiger charge is 2.18. The molecular formula is C20H25N5. The third-order valence-electron chi connectivity index (χ3n) is 5.05. The minimum absolute atomic E-state index is 0.974. The van der Waals surface area contributed by atoms with Crippen molar-refractivity contribution in [2.24, 2.45) is 0 Å². The van der Waals surface area contributed by atoms with Gasteiger partial charge < -0.3 is 9.88 Å². The molecule has 3 heterocycles. The second-order valence-corrected chi connectivity index (χ2v) is 6.94. The van der Waals surface area contributed by atoms with Gasteiger partial charge in [0.2, 0.25) is 0 Å². The molecule has 1 aromatic carbocycles. The van der Waals surface area contributed by atoms with Gasteiger partial charge in [-0.15, -0.1) is 0 Å². The lowest BCUT2D eigenvalue weighted by Gasteiger charge is -2.36. The molecule has 5 nitrogen and oxygen atoms in total. The number of benzene rings is 1. The molecule has 25 heavy (non-hydrogen) atoms. The number of aromatic amines is 1. The van der Waals surface area contributed by atoms with Gasteiger partial charge in [0.1, 0.15) is 5.82 Å². The third-order valence-corrected chi connectivity index (χ3v) is 5.05. The van der Waals surface area contributed by atoms with Crippen molar-refractivity contribution in [3.05, 3.63) is 53.6 Å². The van der Waals surface area contributed by atoms with Crippen LogP contribution in [0.1, 0.15) is 17.0 Å². The molecule has 0 spiro atoms. The van der Waals surface area contributed by atoms with Gasteiger partial charge in [0, 0.05) is 57.2 Å². The van der Waals surface area contributed by atoms with Crippen molar-refractivity contribution in [2.75, 3.05) is 37.6 Å². The molecule has 1 aliphatic rings. The Morgan fingerprint density at radius 3 is 2.72 bits per heavy atom. The normalized spacial score (nSPS) is 15.8. The number of hydrogen-bond acceptors (Lipinski definition) is 4. The first-order valence-corrected chi connectivity index (χ1v) is 9.02. The molecule has 3 aromatic rings. The van der Waals surface area contributed by atoms with E-state index in [0.29, 0.717) is 0 Å². The molecule has 0 radical (unpaired) electrons. The zero-order valence-corrected chi connectivity index (χ0v) is 15.0. The van der Waals surface area contributed by atoms with E-state index < -0.39 is 0 Å². The molecule has 0 atom stereocenters. The summed E-state index contributed by atoms with van der Waals surface area (Å²) < 4.78 is 0. The summed E-state index contributed by atoms with van der Waals surface area (Å²) in [6, 6.07) is 8.51. The van der Waals surface area contributed by atoms with E-state index in [2.05, 4.69) is 57.9 Å². The van der Waals surface area contributed by atoms with E-state index in [0.717, 1.165) is 56.0 Å². The largest absolute Gasteiger partial charge is 0.369 e. The van der Waals surface area contributed by atoms with E-state index in [1.807, 2.05) is 12.4 Å². The number of nitrogens with zero attached hydrogens (tertiary/aromatic N) is 4. The average Bonchev–Trinajstić information content (AvgIpc) is 3.03. The lowest BCUT2D eigenvalue weighted by atomic mass is 10.2. The lowest BCUT2D eigenvalue weighted by molar-refractivity contribution is 0.259. The first kappa shape index (κ1) is 16.1. The van der Waals surface area contributed by atoms with Crippen molar-refractivity contribution in [2.45, 2.75) is 20.3 Å². The first-order chi connectivity index (χ1) is 12.2. The van der Waals surface area contributed by atoms with Gasteiger partial charge in [-0.3, -0.25) is 9.88 Å². The van der Waals surface area contributed by atoms with Gasteiger partial charge in [-0.1, -0.05) is 6.07 Å². The van der Waals surface area contributed by atoms with Crippen molar-refractivity contribution in [3.8, 4) is 0 Å². The number of aryl methyl sites for hydroxylation is 2. The van der Waals surface area contributed by atoms with Gasteiger partial charge in [-0.25, -0.2) is 4.98 Å². The van der Waals surface area contributed by atoms with Crippen LogP contribution in [0.15, 0.2) is 36.7 Å². The molecule has 1 N–H and O–H groups in total. The standard InChI is InChI=1S/C20H25N5/c1-15-3-4-17-18(13-15)23-20(22-17)6-8-24-9-11-25(12-10-24)19-5-7-21-14-16(19)2/h3-5,7,13-14H,6,8-12H2,1-2H3,(H,22,23). The second-order valence-electron chi connectivity index (χ2n) is 6.94. The van der Waals surface area contributed by atoms with E-state index >= 15 is 0 Å². The molecular weight excluding hydrogens is 310 g/mol. The Morgan fingerprint density at radius 1 is 1.08 bits per heavy atom. The monoisotopic (exact) mass is 335 g/mol. The van der Waals surface area contributed by atoms with Gasteiger partial charge in [0.15, 0.2) is 0 Å². The highest BCUT2D eigenvalue weighted by atomic mass is 15.3. The number of pyridine rings is 1. The zero-order valence-electron chi connectivity index (χ0n) is 15.0. The molecule has 1 fully saturated rings. The van der Waals surface area contributed by atoms with Crippen LogP contribution in [0, 0.1) is 13.8 Å². The van der Waals surface area contributed by atoms with Crippen molar-refractivity contribution >= 4 is 16.7 Å². The minimum Gasteiger partial charge on any atom is -0.369 e. The van der Waals surface area contributed by atoms with E-state index in [9.17, 15) is 0 Å². The molecule has 1 aliphatic heterocycles. The van der Waals surface area contributed by atoms with Gasteiger partial charge in [0.05, 0.1) is 11.0 Å². The Hall–Kier alpha value is -2.40. The van der Waals surface area contributed by atoms with Crippen molar-refractivity contribution in [1.82, 2.24) is 19.9 Å². The molecule has 0 saturated carbocycles. The highest BCUT2D eigenvalue weighted by Crippen LogP contribution is 2.20. The molecule has 0 amide bonds. The molecule has 4 rings (SSSR count). The Labute approximate surface area is 148 Å². The number of piperazine rings is 1. The summed E-state index contributed by atoms with van der Waals surface area (Å²) in [6.07, 6.45) is 4.81. The highest BCUT2D eigenvalue weighted by molar-refractivity contribution is 5.75. The summed E-state index contributed by atoms with van der Waals surface area (Å²) in [5.41, 5.74) is 6.06. The molecule has 130 valence electrons. The van der Waals surface area contributed by atoms with Gasteiger partial charge in [0.25, 0.3) is 0 Å². The van der Waals surface area contributed by atoms with E-state index in [4.69, 9.17) is 4.98 Å². The maximum Gasteiger partial charge on any atom is 0.108 e. The van der Waals surface area contributed by atoms with E-state index in [-0.39, 0.29) is 0 Å². The van der Waals surface area contributed by atoms with Crippen molar-refractivity contribution in [3.63, 3.8) is 0 Å². The second kappa shape index (κ2) is 6.84. The van der Waals surface area contributed by atoms with Crippen LogP contribution in [-0.4, -0.2) is 52.6 Å². The first-order valence-electron chi connectivity index (χ1n) is 9.02. The van der Waals surface area contributed by atoms with Crippen LogP contribution in [0.25, 0.3) is 11.0 Å². The van der Waals surface area contributed by atoms with Crippen LogP contribution < -0.4 is 4.90 Å². The van der Waals surface area contributed by atoms with Crippen molar-refractivity contribution < 1.29 is 0 Å². The smallest absolute Gasteiger partial charge is 0.108 e. The van der Waals surface area contributed by atoms with Gasteiger partial charge in [-0.05, 0) is 43.2 Å². The van der Waals surface area contributed by atoms with Crippen LogP contribution in [-0.2, 0) is 6.42 Å². The predicted molar refractivity (Wildman–Crippen MR) is 102 cm³/mol. The number of H-pyrrole nitrogens is 1. The number of fused-ring (bicyclic) bond motifs is 1. The van der Waals surface area contributed by atoms with Crippen LogP contribution in [0.4, 0.5) is 5.69 Å². The Kier molecular flexibility index (Phi) is 4.40. The van der Waals surface area contributed by atoms with Crippen LogP contribution in [0.5, 0.6) is 0 Å². The number of anilines is 1.